The maximum absolute atomic E-state index is 6.02. The summed E-state index contributed by atoms with van der Waals surface area (Å²) in [5.74, 6) is 2.04. The van der Waals surface area contributed by atoms with Crippen LogP contribution in [0.25, 0.3) is 11.3 Å². The Hall–Kier alpha value is -1.56. The minimum Gasteiger partial charge on any atom is -0.496 e. The molecule has 1 N–H and O–H groups in total. The van der Waals surface area contributed by atoms with E-state index in [9.17, 15) is 0 Å². The predicted molar refractivity (Wildman–Crippen MR) is 82.0 cm³/mol. The molecule has 0 aliphatic rings. The van der Waals surface area contributed by atoms with E-state index in [-0.39, 0.29) is 0 Å². The average Bonchev–Trinajstić information content (AvgIpc) is 2.96. The molecule has 0 bridgehead atoms. The van der Waals surface area contributed by atoms with Crippen LogP contribution < -0.4 is 10.1 Å². The van der Waals surface area contributed by atoms with Crippen LogP contribution in [-0.2, 0) is 11.2 Å². The molecule has 0 aliphatic carbocycles. The molecule has 0 aliphatic heterocycles. The number of rotatable bonds is 8. The van der Waals surface area contributed by atoms with Crippen molar-refractivity contribution in [3.05, 3.63) is 35.3 Å². The van der Waals surface area contributed by atoms with Crippen molar-refractivity contribution < 1.29 is 13.9 Å². The Morgan fingerprint density at radius 2 is 2.14 bits per heavy atom. The number of benzene rings is 1. The van der Waals surface area contributed by atoms with E-state index in [2.05, 4.69) is 10.3 Å². The molecule has 2 aromatic rings. The van der Waals surface area contributed by atoms with Crippen molar-refractivity contribution in [1.82, 2.24) is 10.3 Å². The molecule has 1 heterocycles. The molecule has 21 heavy (non-hydrogen) atoms. The number of hydrogen-bond donors (Lipinski definition) is 1. The van der Waals surface area contributed by atoms with Gasteiger partial charge in [0.2, 0.25) is 0 Å². The summed E-state index contributed by atoms with van der Waals surface area (Å²) in [7, 11) is 3.30. The van der Waals surface area contributed by atoms with Gasteiger partial charge < -0.3 is 19.2 Å². The molecular weight excluding hydrogens is 292 g/mol. The van der Waals surface area contributed by atoms with Crippen molar-refractivity contribution in [3.8, 4) is 17.1 Å². The second-order valence-electron chi connectivity index (χ2n) is 4.46. The molecule has 1 aromatic heterocycles. The van der Waals surface area contributed by atoms with Crippen LogP contribution in [0.4, 0.5) is 0 Å². The number of nitrogens with zero attached hydrogens (tertiary/aromatic N) is 1. The van der Waals surface area contributed by atoms with Gasteiger partial charge in [-0.05, 0) is 18.2 Å². The van der Waals surface area contributed by atoms with E-state index in [1.807, 2.05) is 12.1 Å². The number of methoxy groups -OCH3 is 2. The smallest absolute Gasteiger partial charge is 0.196 e. The van der Waals surface area contributed by atoms with Crippen LogP contribution in [0.3, 0.4) is 0 Å². The molecule has 0 saturated heterocycles. The Labute approximate surface area is 129 Å². The van der Waals surface area contributed by atoms with Crippen LogP contribution in [-0.4, -0.2) is 38.9 Å². The van der Waals surface area contributed by atoms with Crippen LogP contribution >= 0.6 is 11.6 Å². The normalized spacial score (nSPS) is 10.8. The summed E-state index contributed by atoms with van der Waals surface area (Å²) in [6.07, 6.45) is 2.41. The first-order valence-electron chi connectivity index (χ1n) is 6.73. The molecule has 114 valence electrons. The van der Waals surface area contributed by atoms with Crippen molar-refractivity contribution in [2.45, 2.75) is 6.42 Å². The molecule has 0 atom stereocenters. The van der Waals surface area contributed by atoms with Crippen LogP contribution in [0.1, 0.15) is 5.89 Å². The first-order valence-corrected chi connectivity index (χ1v) is 7.10. The first kappa shape index (κ1) is 15.8. The molecule has 6 heteroatoms. The second kappa shape index (κ2) is 8.02. The summed E-state index contributed by atoms with van der Waals surface area (Å²) >= 11 is 6.02. The van der Waals surface area contributed by atoms with Crippen LogP contribution in [0.5, 0.6) is 5.75 Å². The number of aromatic nitrogens is 1. The van der Waals surface area contributed by atoms with Crippen molar-refractivity contribution in [3.63, 3.8) is 0 Å². The number of nitrogens with one attached hydrogen (secondary N) is 1. The van der Waals surface area contributed by atoms with Crippen molar-refractivity contribution in [2.75, 3.05) is 33.9 Å². The van der Waals surface area contributed by atoms with Gasteiger partial charge in [0, 0.05) is 31.6 Å². The summed E-state index contributed by atoms with van der Waals surface area (Å²) < 4.78 is 16.0. The van der Waals surface area contributed by atoms with Gasteiger partial charge in [-0.2, -0.15) is 0 Å². The highest BCUT2D eigenvalue weighted by Gasteiger charge is 2.12. The van der Waals surface area contributed by atoms with E-state index in [4.69, 9.17) is 25.5 Å². The van der Waals surface area contributed by atoms with E-state index >= 15 is 0 Å². The molecule has 0 fully saturated rings. The maximum Gasteiger partial charge on any atom is 0.196 e. The van der Waals surface area contributed by atoms with Crippen LogP contribution in [0.15, 0.2) is 28.8 Å². The quantitative estimate of drug-likeness (QED) is 0.760. The average molecular weight is 311 g/mol. The third-order valence-electron chi connectivity index (χ3n) is 2.98. The minimum atomic E-state index is 0.630. The van der Waals surface area contributed by atoms with Gasteiger partial charge in [0.1, 0.15) is 5.75 Å². The van der Waals surface area contributed by atoms with Gasteiger partial charge in [-0.25, -0.2) is 4.98 Å². The molecule has 0 amide bonds. The molecule has 0 radical (unpaired) electrons. The topological polar surface area (TPSA) is 56.5 Å². The first-order chi connectivity index (χ1) is 10.2. The third-order valence-corrected chi connectivity index (χ3v) is 3.21. The number of halogens is 1. The van der Waals surface area contributed by atoms with Gasteiger partial charge in [-0.3, -0.25) is 0 Å². The van der Waals surface area contributed by atoms with Crippen molar-refractivity contribution in [2.24, 2.45) is 0 Å². The highest BCUT2D eigenvalue weighted by molar-refractivity contribution is 6.30. The molecule has 0 unspecified atom stereocenters. The van der Waals surface area contributed by atoms with Crippen molar-refractivity contribution in [1.29, 1.82) is 0 Å². The summed E-state index contributed by atoms with van der Waals surface area (Å²) in [6.45, 7) is 2.29. The lowest BCUT2D eigenvalue weighted by atomic mass is 10.1. The van der Waals surface area contributed by atoms with E-state index in [0.717, 1.165) is 18.7 Å². The highest BCUT2D eigenvalue weighted by Crippen LogP contribution is 2.32. The summed E-state index contributed by atoms with van der Waals surface area (Å²) in [4.78, 5) is 4.28. The zero-order valence-electron chi connectivity index (χ0n) is 12.2. The van der Waals surface area contributed by atoms with Gasteiger partial charge in [0.05, 0.1) is 25.5 Å². The van der Waals surface area contributed by atoms with Crippen LogP contribution in [0.2, 0.25) is 5.02 Å². The predicted octanol–water partition coefficient (Wildman–Crippen LogP) is 2.78. The fraction of sp³-hybridized carbons (Fsp3) is 0.400. The zero-order valence-corrected chi connectivity index (χ0v) is 12.9. The van der Waals surface area contributed by atoms with E-state index in [1.165, 1.54) is 0 Å². The third kappa shape index (κ3) is 4.46. The molecule has 5 nitrogen and oxygen atoms in total. The molecule has 2 rings (SSSR count). The SMILES string of the molecule is COCCNCCc1ncc(-c2cc(Cl)ccc2OC)o1. The zero-order chi connectivity index (χ0) is 15.1. The van der Waals surface area contributed by atoms with Crippen LogP contribution in [0, 0.1) is 0 Å². The monoisotopic (exact) mass is 310 g/mol. The summed E-state index contributed by atoms with van der Waals surface area (Å²) in [5, 5.41) is 3.87. The second-order valence-corrected chi connectivity index (χ2v) is 4.89. The van der Waals surface area contributed by atoms with E-state index in [0.29, 0.717) is 35.5 Å². The highest BCUT2D eigenvalue weighted by atomic mass is 35.5. The standard InChI is InChI=1S/C15H19ClN2O3/c1-19-8-7-17-6-5-15-18-10-14(21-15)12-9-11(16)3-4-13(12)20-2/h3-4,9-10,17H,5-8H2,1-2H3. The Balaban J connectivity index is 2.01. The van der Waals surface area contributed by atoms with Gasteiger partial charge in [0.15, 0.2) is 11.7 Å². The number of oxazole rings is 1. The fourth-order valence-corrected chi connectivity index (χ4v) is 2.09. The number of hydrogen-bond acceptors (Lipinski definition) is 5. The minimum absolute atomic E-state index is 0.630. The Morgan fingerprint density at radius 3 is 2.90 bits per heavy atom. The maximum atomic E-state index is 6.02. The molecular formula is C15H19ClN2O3. The fourth-order valence-electron chi connectivity index (χ4n) is 1.92. The Morgan fingerprint density at radius 1 is 1.29 bits per heavy atom. The number of ether oxygens (including phenoxy) is 2. The van der Waals surface area contributed by atoms with Gasteiger partial charge in [-0.1, -0.05) is 11.6 Å². The largest absolute Gasteiger partial charge is 0.496 e. The van der Waals surface area contributed by atoms with Gasteiger partial charge in [0.25, 0.3) is 0 Å². The van der Waals surface area contributed by atoms with E-state index < -0.39 is 0 Å². The lowest BCUT2D eigenvalue weighted by Gasteiger charge is -2.06. The Kier molecular flexibility index (Phi) is 6.04. The van der Waals surface area contributed by atoms with E-state index in [1.54, 1.807) is 26.5 Å². The lowest BCUT2D eigenvalue weighted by molar-refractivity contribution is 0.199. The molecule has 0 saturated carbocycles. The molecule has 0 spiro atoms. The lowest BCUT2D eigenvalue weighted by Crippen LogP contribution is -2.21. The van der Waals surface area contributed by atoms with Crippen molar-refractivity contribution >= 4 is 11.6 Å². The Bertz CT molecular complexity index is 572. The van der Waals surface area contributed by atoms with Gasteiger partial charge in [-0.15, -0.1) is 0 Å². The summed E-state index contributed by atoms with van der Waals surface area (Å²) in [5.41, 5.74) is 0.802. The summed E-state index contributed by atoms with van der Waals surface area (Å²) in [6, 6.07) is 5.40. The molecule has 1 aromatic carbocycles. The van der Waals surface area contributed by atoms with Gasteiger partial charge >= 0.3 is 0 Å².